The van der Waals surface area contributed by atoms with Gasteiger partial charge in [0.25, 0.3) is 0 Å². The first-order valence-corrected chi connectivity index (χ1v) is 11.5. The van der Waals surface area contributed by atoms with Gasteiger partial charge in [-0.1, -0.05) is 12.1 Å². The van der Waals surface area contributed by atoms with Crippen LogP contribution in [0.15, 0.2) is 66.7 Å². The molecule has 3 nitrogen and oxygen atoms in total. The molecular formula is C27H28ClF3N2O. The highest BCUT2D eigenvalue weighted by atomic mass is 35.5. The van der Waals surface area contributed by atoms with Crippen LogP contribution in [0, 0.1) is 17.5 Å². The first-order chi connectivity index (χ1) is 16.0. The highest BCUT2D eigenvalue weighted by Gasteiger charge is 2.42. The predicted octanol–water partition coefficient (Wildman–Crippen LogP) is 6.35. The molecule has 1 N–H and O–H groups in total. The van der Waals surface area contributed by atoms with E-state index in [2.05, 4.69) is 9.80 Å². The molecule has 7 heteroatoms. The molecule has 5 rings (SSSR count). The lowest BCUT2D eigenvalue weighted by molar-refractivity contribution is 0.145. The molecule has 0 amide bonds. The van der Waals surface area contributed by atoms with Gasteiger partial charge in [-0.2, -0.15) is 0 Å². The lowest BCUT2D eigenvalue weighted by Crippen LogP contribution is -2.45. The topological polar surface area (TPSA) is 26.7 Å². The van der Waals surface area contributed by atoms with Crippen molar-refractivity contribution in [1.82, 2.24) is 4.90 Å². The van der Waals surface area contributed by atoms with Gasteiger partial charge < -0.3 is 14.9 Å². The zero-order chi connectivity index (χ0) is 22.9. The summed E-state index contributed by atoms with van der Waals surface area (Å²) in [6.45, 7) is 2.55. The van der Waals surface area contributed by atoms with E-state index < -0.39 is 6.10 Å². The summed E-state index contributed by atoms with van der Waals surface area (Å²) in [6.07, 6.45) is 1.72. The van der Waals surface area contributed by atoms with E-state index in [9.17, 15) is 18.3 Å². The molecule has 3 aromatic rings. The first kappa shape index (κ1) is 24.6. The van der Waals surface area contributed by atoms with E-state index in [1.165, 1.54) is 30.3 Å². The Balaban J connectivity index is 0.00000274. The number of piperidine rings is 1. The Morgan fingerprint density at radius 2 is 1.53 bits per heavy atom. The van der Waals surface area contributed by atoms with Crippen molar-refractivity contribution < 1.29 is 18.3 Å². The van der Waals surface area contributed by atoms with E-state index in [4.69, 9.17) is 0 Å². The fourth-order valence-corrected chi connectivity index (χ4v) is 5.34. The highest BCUT2D eigenvalue weighted by molar-refractivity contribution is 5.85. The van der Waals surface area contributed by atoms with Crippen molar-refractivity contribution in [1.29, 1.82) is 0 Å². The minimum absolute atomic E-state index is 0. The smallest absolute Gasteiger partial charge is 0.123 e. The average Bonchev–Trinajstić information content (AvgIpc) is 3.13. The van der Waals surface area contributed by atoms with Gasteiger partial charge in [0.05, 0.1) is 6.10 Å². The second-order valence-electron chi connectivity index (χ2n) is 9.02. The van der Waals surface area contributed by atoms with Crippen LogP contribution in [0.5, 0.6) is 0 Å². The van der Waals surface area contributed by atoms with Crippen LogP contribution >= 0.6 is 12.4 Å². The molecule has 2 heterocycles. The maximum absolute atomic E-state index is 14.1. The third-order valence-corrected chi connectivity index (χ3v) is 6.95. The molecule has 34 heavy (non-hydrogen) atoms. The molecule has 2 aliphatic heterocycles. The lowest BCUT2D eigenvalue weighted by atomic mass is 9.88. The summed E-state index contributed by atoms with van der Waals surface area (Å²) in [5, 5.41) is 10.4. The van der Waals surface area contributed by atoms with Crippen LogP contribution in [0.1, 0.15) is 42.4 Å². The van der Waals surface area contributed by atoms with Crippen LogP contribution in [0.25, 0.3) is 0 Å². The molecule has 0 radical (unpaired) electrons. The predicted molar refractivity (Wildman–Crippen MR) is 130 cm³/mol. The summed E-state index contributed by atoms with van der Waals surface area (Å²) in [7, 11) is 0. The summed E-state index contributed by atoms with van der Waals surface area (Å²) in [6, 6.07) is 17.6. The Hall–Kier alpha value is -2.54. The minimum atomic E-state index is -0.613. The molecule has 0 aromatic heterocycles. The van der Waals surface area contributed by atoms with Crippen molar-refractivity contribution in [2.45, 2.75) is 37.3 Å². The van der Waals surface area contributed by atoms with E-state index in [1.807, 2.05) is 6.07 Å². The van der Waals surface area contributed by atoms with Crippen molar-refractivity contribution in [3.63, 3.8) is 0 Å². The van der Waals surface area contributed by atoms with Gasteiger partial charge in [0.2, 0.25) is 0 Å². The molecule has 2 aliphatic rings. The molecular weight excluding hydrogens is 461 g/mol. The summed E-state index contributed by atoms with van der Waals surface area (Å²) in [5.74, 6) is -0.659. The Morgan fingerprint density at radius 1 is 0.882 bits per heavy atom. The van der Waals surface area contributed by atoms with Gasteiger partial charge in [0.15, 0.2) is 0 Å². The normalized spacial score (nSPS) is 20.4. The van der Waals surface area contributed by atoms with Crippen LogP contribution in [0.3, 0.4) is 0 Å². The fraction of sp³-hybridized carbons (Fsp3) is 0.333. The van der Waals surface area contributed by atoms with E-state index in [-0.39, 0.29) is 41.8 Å². The lowest BCUT2D eigenvalue weighted by Gasteiger charge is -2.39. The second kappa shape index (κ2) is 10.4. The van der Waals surface area contributed by atoms with E-state index in [1.54, 1.807) is 30.3 Å². The minimum Gasteiger partial charge on any atom is -0.388 e. The second-order valence-corrected chi connectivity index (χ2v) is 9.02. The fourth-order valence-electron chi connectivity index (χ4n) is 5.34. The van der Waals surface area contributed by atoms with E-state index >= 15 is 0 Å². The van der Waals surface area contributed by atoms with Crippen molar-refractivity contribution in [2.75, 3.05) is 24.5 Å². The van der Waals surface area contributed by atoms with Crippen LogP contribution in [0.2, 0.25) is 0 Å². The Bertz CT molecular complexity index is 1110. The zero-order valence-electron chi connectivity index (χ0n) is 18.7. The molecule has 1 saturated heterocycles. The molecule has 180 valence electrons. The zero-order valence-corrected chi connectivity index (χ0v) is 19.5. The highest BCUT2D eigenvalue weighted by Crippen LogP contribution is 2.48. The Labute approximate surface area is 204 Å². The van der Waals surface area contributed by atoms with Gasteiger partial charge in [0, 0.05) is 36.4 Å². The maximum atomic E-state index is 14.1. The third-order valence-electron chi connectivity index (χ3n) is 6.95. The van der Waals surface area contributed by atoms with Crippen molar-refractivity contribution in [3.8, 4) is 0 Å². The van der Waals surface area contributed by atoms with E-state index in [0.717, 1.165) is 55.0 Å². The van der Waals surface area contributed by atoms with Gasteiger partial charge in [-0.15, -0.1) is 12.4 Å². The van der Waals surface area contributed by atoms with Crippen LogP contribution < -0.4 is 4.90 Å². The number of hydrogen-bond acceptors (Lipinski definition) is 3. The summed E-state index contributed by atoms with van der Waals surface area (Å²) in [4.78, 5) is 4.61. The number of benzene rings is 3. The molecule has 3 aromatic carbocycles. The van der Waals surface area contributed by atoms with Gasteiger partial charge in [-0.05, 0) is 91.5 Å². The Morgan fingerprint density at radius 3 is 2.24 bits per heavy atom. The average molecular weight is 489 g/mol. The van der Waals surface area contributed by atoms with Crippen molar-refractivity contribution >= 4 is 23.8 Å². The van der Waals surface area contributed by atoms with Crippen molar-refractivity contribution in [3.05, 3.63) is 95.3 Å². The number of rotatable bonds is 6. The van der Waals surface area contributed by atoms with Gasteiger partial charge in [-0.25, -0.2) is 13.2 Å². The number of aliphatic hydroxyl groups excluding tert-OH is 1. The molecule has 0 bridgehead atoms. The maximum Gasteiger partial charge on any atom is 0.123 e. The monoisotopic (exact) mass is 488 g/mol. The molecule has 0 aliphatic carbocycles. The molecule has 3 atom stereocenters. The number of hydrogen-bond donors (Lipinski definition) is 1. The SMILES string of the molecule is Cl.OC(CCCN1CCC2C(C1)c1cc(F)ccc1N2c1ccc(F)cc1)c1ccc(F)cc1. The summed E-state index contributed by atoms with van der Waals surface area (Å²) < 4.78 is 40.7. The Kier molecular flexibility index (Phi) is 7.51. The van der Waals surface area contributed by atoms with Crippen LogP contribution in [0.4, 0.5) is 24.5 Å². The van der Waals surface area contributed by atoms with Crippen molar-refractivity contribution in [2.24, 2.45) is 0 Å². The van der Waals surface area contributed by atoms with Crippen LogP contribution in [-0.2, 0) is 0 Å². The largest absolute Gasteiger partial charge is 0.388 e. The molecule has 1 fully saturated rings. The van der Waals surface area contributed by atoms with E-state index in [0.29, 0.717) is 6.42 Å². The molecule has 0 spiro atoms. The van der Waals surface area contributed by atoms with Crippen LogP contribution in [-0.4, -0.2) is 35.7 Å². The standard InChI is InChI=1S/C27H27F3N2O.ClH/c28-19-5-3-18(4-6-19)27(33)2-1-14-31-15-13-26-24(17-31)23-16-21(30)9-12-25(23)32(26)22-10-7-20(29)8-11-22;/h3-12,16,24,26-27,33H,1-2,13-15,17H2;1H. The van der Waals surface area contributed by atoms with Gasteiger partial charge >= 0.3 is 0 Å². The number of nitrogens with zero attached hydrogens (tertiary/aromatic N) is 2. The number of fused-ring (bicyclic) bond motifs is 3. The summed E-state index contributed by atoms with van der Waals surface area (Å²) in [5.41, 5.74) is 3.64. The first-order valence-electron chi connectivity index (χ1n) is 11.5. The quantitative estimate of drug-likeness (QED) is 0.438. The number of likely N-dealkylation sites (tertiary alicyclic amines) is 1. The van der Waals surface area contributed by atoms with Gasteiger partial charge in [0.1, 0.15) is 17.5 Å². The molecule has 3 unspecified atom stereocenters. The third kappa shape index (κ3) is 4.95. The van der Waals surface area contributed by atoms with Gasteiger partial charge in [-0.3, -0.25) is 0 Å². The number of halogens is 4. The number of aliphatic hydroxyl groups is 1. The number of anilines is 2. The summed E-state index contributed by atoms with van der Waals surface area (Å²) >= 11 is 0. The molecule has 0 saturated carbocycles.